The molecule has 0 aromatic heterocycles. The molecule has 0 saturated heterocycles. The molecule has 0 radical (unpaired) electrons. The zero-order valence-corrected chi connectivity index (χ0v) is 30.2. The lowest BCUT2D eigenvalue weighted by Gasteiger charge is -2.18. The third kappa shape index (κ3) is 35.9. The predicted octanol–water partition coefficient (Wildman–Crippen LogP) is 13.2. The topological polar surface area (TPSA) is 29.3 Å². The quantitative estimate of drug-likeness (QED) is 0.219. The molecule has 244 valence electrons. The minimum absolute atomic E-state index is 1.21. The van der Waals surface area contributed by atoms with Crippen molar-refractivity contribution in [1.82, 2.24) is 0 Å². The summed E-state index contributed by atoms with van der Waals surface area (Å²) in [5.41, 5.74) is 6.91. The minimum Gasteiger partial charge on any atom is -0.345 e. The smallest absolute Gasteiger partial charge is 0.0408 e. The Hall–Kier alpha value is -4.14. The number of anilines is 2. The highest BCUT2D eigenvalue weighted by Gasteiger charge is 2.00. The van der Waals surface area contributed by atoms with Gasteiger partial charge in [-0.1, -0.05) is 215 Å². The number of hydrogen-bond donors (Lipinski definition) is 1. The van der Waals surface area contributed by atoms with Gasteiger partial charge < -0.3 is 10.6 Å². The molecule has 5 rings (SSSR count). The third-order valence-corrected chi connectivity index (χ3v) is 4.29. The number of para-hydroxylation sites is 2. The van der Waals surface area contributed by atoms with Gasteiger partial charge in [-0.2, -0.15) is 0 Å². The molecule has 0 heterocycles. The molecule has 2 N–H and O–H groups in total. The standard InChI is InChI=1S/C13H13N.3C6H6.5C2H6.CH5N/c1-14(12-8-4-2-5-9-12)13-10-6-3-7-11-13;3*1-2-4-6-5-3-1;6*1-2/h2-11H,1H3;3*1-6H;5*1-2H3;2H2,1H3. The van der Waals surface area contributed by atoms with E-state index >= 15 is 0 Å². The molecule has 5 aromatic rings. The van der Waals surface area contributed by atoms with E-state index in [2.05, 4.69) is 66.2 Å². The lowest BCUT2D eigenvalue weighted by molar-refractivity contribution is 1.21. The van der Waals surface area contributed by atoms with Crippen molar-refractivity contribution < 1.29 is 0 Å². The normalized spacial score (nSPS) is 7.20. The van der Waals surface area contributed by atoms with E-state index in [9.17, 15) is 0 Å². The highest BCUT2D eigenvalue weighted by Crippen LogP contribution is 2.21. The largest absolute Gasteiger partial charge is 0.345 e. The van der Waals surface area contributed by atoms with Crippen LogP contribution in [0.3, 0.4) is 0 Å². The van der Waals surface area contributed by atoms with Crippen LogP contribution >= 0.6 is 0 Å². The SMILES string of the molecule is CC.CC.CC.CC.CC.CN.CN(c1ccccc1)c1ccccc1.c1ccccc1.c1ccccc1.c1ccccc1. The van der Waals surface area contributed by atoms with Gasteiger partial charge in [-0.15, -0.1) is 0 Å². The van der Waals surface area contributed by atoms with Crippen molar-refractivity contribution in [3.05, 3.63) is 170 Å². The molecule has 0 bridgehead atoms. The second kappa shape index (κ2) is 51.6. The van der Waals surface area contributed by atoms with E-state index in [0.717, 1.165) is 0 Å². The van der Waals surface area contributed by atoms with Crippen molar-refractivity contribution >= 4 is 11.4 Å². The lowest BCUT2D eigenvalue weighted by atomic mass is 10.2. The maximum Gasteiger partial charge on any atom is 0.0408 e. The molecule has 0 spiro atoms. The Balaban J connectivity index is -0.000000145. The van der Waals surface area contributed by atoms with Crippen molar-refractivity contribution in [1.29, 1.82) is 0 Å². The predicted molar refractivity (Wildman–Crippen MR) is 207 cm³/mol. The fraction of sp³-hybridized carbons (Fsp3) is 0.286. The molecule has 0 aliphatic rings. The van der Waals surface area contributed by atoms with Gasteiger partial charge in [0.2, 0.25) is 0 Å². The fourth-order valence-electron chi connectivity index (χ4n) is 2.61. The van der Waals surface area contributed by atoms with Crippen LogP contribution in [0.5, 0.6) is 0 Å². The van der Waals surface area contributed by atoms with Crippen LogP contribution in [0.1, 0.15) is 69.2 Å². The van der Waals surface area contributed by atoms with Crippen LogP contribution in [0.4, 0.5) is 11.4 Å². The summed E-state index contributed by atoms with van der Waals surface area (Å²) in [4.78, 5) is 2.17. The summed E-state index contributed by atoms with van der Waals surface area (Å²) in [6.07, 6.45) is 0. The van der Waals surface area contributed by atoms with Crippen molar-refractivity contribution in [3.63, 3.8) is 0 Å². The van der Waals surface area contributed by atoms with Gasteiger partial charge in [-0.25, -0.2) is 0 Å². The van der Waals surface area contributed by atoms with Crippen molar-refractivity contribution in [3.8, 4) is 0 Å². The molecule has 5 aromatic carbocycles. The van der Waals surface area contributed by atoms with E-state index in [1.807, 2.05) is 191 Å². The molecule has 2 nitrogen and oxygen atoms in total. The maximum atomic E-state index is 4.50. The Morgan fingerprint density at radius 1 is 0.273 bits per heavy atom. The Morgan fingerprint density at radius 3 is 0.523 bits per heavy atom. The second-order valence-corrected chi connectivity index (χ2v) is 6.69. The minimum atomic E-state index is 1.21. The first-order valence-corrected chi connectivity index (χ1v) is 16.3. The Morgan fingerprint density at radius 2 is 0.386 bits per heavy atom. The molecule has 2 heteroatoms. The van der Waals surface area contributed by atoms with Gasteiger partial charge in [0.05, 0.1) is 0 Å². The molecule has 0 amide bonds. The molecule has 44 heavy (non-hydrogen) atoms. The highest BCUT2D eigenvalue weighted by molar-refractivity contribution is 5.61. The summed E-state index contributed by atoms with van der Waals surface area (Å²) in [5.74, 6) is 0. The van der Waals surface area contributed by atoms with E-state index in [-0.39, 0.29) is 0 Å². The van der Waals surface area contributed by atoms with Crippen LogP contribution in [0.25, 0.3) is 0 Å². The van der Waals surface area contributed by atoms with Crippen molar-refractivity contribution in [2.75, 3.05) is 19.0 Å². The number of nitrogens with zero attached hydrogens (tertiary/aromatic N) is 1. The van der Waals surface area contributed by atoms with E-state index < -0.39 is 0 Å². The molecule has 0 atom stereocenters. The summed E-state index contributed by atoms with van der Waals surface area (Å²) < 4.78 is 0. The van der Waals surface area contributed by atoms with Gasteiger partial charge in [0.1, 0.15) is 0 Å². The van der Waals surface area contributed by atoms with Gasteiger partial charge in [0, 0.05) is 18.4 Å². The van der Waals surface area contributed by atoms with Crippen LogP contribution < -0.4 is 10.6 Å². The number of benzene rings is 5. The second-order valence-electron chi connectivity index (χ2n) is 6.69. The van der Waals surface area contributed by atoms with Crippen LogP contribution in [0.2, 0.25) is 0 Å². The van der Waals surface area contributed by atoms with Crippen LogP contribution in [0, 0.1) is 0 Å². The zero-order valence-electron chi connectivity index (χ0n) is 30.2. The Kier molecular flexibility index (Phi) is 58.1. The van der Waals surface area contributed by atoms with E-state index in [0.29, 0.717) is 0 Å². The number of hydrogen-bond acceptors (Lipinski definition) is 2. The Bertz CT molecular complexity index is 813. The van der Waals surface area contributed by atoms with Gasteiger partial charge in [-0.3, -0.25) is 0 Å². The van der Waals surface area contributed by atoms with E-state index in [1.165, 1.54) is 18.4 Å². The third-order valence-electron chi connectivity index (χ3n) is 4.29. The first kappa shape index (κ1) is 49.5. The molecule has 0 unspecified atom stereocenters. The molecular weight excluding hydrogens is 532 g/mol. The maximum absolute atomic E-state index is 4.50. The average Bonchev–Trinajstić information content (AvgIpc) is 3.20. The Labute approximate surface area is 274 Å². The number of nitrogens with two attached hydrogens (primary N) is 1. The van der Waals surface area contributed by atoms with Crippen LogP contribution in [0.15, 0.2) is 170 Å². The van der Waals surface area contributed by atoms with Crippen LogP contribution in [-0.4, -0.2) is 14.1 Å². The van der Waals surface area contributed by atoms with Gasteiger partial charge in [-0.05, 0) is 31.3 Å². The van der Waals surface area contributed by atoms with E-state index in [1.54, 1.807) is 0 Å². The van der Waals surface area contributed by atoms with Crippen LogP contribution in [-0.2, 0) is 0 Å². The molecule has 0 aliphatic carbocycles. The summed E-state index contributed by atoms with van der Waals surface area (Å²) in [5, 5.41) is 0. The molecular formula is C42H66N2. The lowest BCUT2D eigenvalue weighted by Crippen LogP contribution is -2.08. The molecule has 0 saturated carbocycles. The summed E-state index contributed by atoms with van der Waals surface area (Å²) in [7, 11) is 3.57. The van der Waals surface area contributed by atoms with E-state index in [4.69, 9.17) is 0 Å². The van der Waals surface area contributed by atoms with Crippen molar-refractivity contribution in [2.24, 2.45) is 5.73 Å². The zero-order chi connectivity index (χ0) is 34.5. The molecule has 0 fully saturated rings. The summed E-state index contributed by atoms with van der Waals surface area (Å²) >= 11 is 0. The van der Waals surface area contributed by atoms with Crippen molar-refractivity contribution in [2.45, 2.75) is 69.2 Å². The summed E-state index contributed by atoms with van der Waals surface area (Å²) in [6.45, 7) is 20.0. The first-order chi connectivity index (χ1) is 21.9. The van der Waals surface area contributed by atoms with Gasteiger partial charge in [0.15, 0.2) is 0 Å². The van der Waals surface area contributed by atoms with Gasteiger partial charge >= 0.3 is 0 Å². The molecule has 0 aliphatic heterocycles. The number of rotatable bonds is 2. The highest BCUT2D eigenvalue weighted by atomic mass is 15.1. The van der Waals surface area contributed by atoms with Gasteiger partial charge in [0.25, 0.3) is 0 Å². The summed E-state index contributed by atoms with van der Waals surface area (Å²) in [6, 6.07) is 56.7. The fourth-order valence-corrected chi connectivity index (χ4v) is 2.61. The monoisotopic (exact) mass is 599 g/mol. The average molecular weight is 599 g/mol. The first-order valence-electron chi connectivity index (χ1n) is 16.3.